The molecule has 1 unspecified atom stereocenters. The van der Waals surface area contributed by atoms with E-state index < -0.39 is 0 Å². The van der Waals surface area contributed by atoms with Crippen molar-refractivity contribution >= 4 is 15.9 Å². The van der Waals surface area contributed by atoms with Gasteiger partial charge in [-0.3, -0.25) is 9.48 Å². The molecule has 1 atom stereocenters. The van der Waals surface area contributed by atoms with Crippen LogP contribution in [0.15, 0.2) is 35.4 Å². The lowest BCUT2D eigenvalue weighted by atomic mass is 10.4. The maximum Gasteiger partial charge on any atom is 0.250 e. The van der Waals surface area contributed by atoms with Crippen LogP contribution in [0.2, 0.25) is 0 Å². The molecular weight excluding hydrogens is 284 g/mol. The molecule has 0 aromatic carbocycles. The first kappa shape index (κ1) is 12.0. The summed E-state index contributed by atoms with van der Waals surface area (Å²) in [4.78, 5) is 11.7. The Morgan fingerprint density at radius 2 is 2.24 bits per heavy atom. The summed E-state index contributed by atoms with van der Waals surface area (Å²) in [5, 5.41) is 8.03. The highest BCUT2D eigenvalue weighted by molar-refractivity contribution is 9.09. The molecule has 0 aliphatic heterocycles. The van der Waals surface area contributed by atoms with Gasteiger partial charge in [-0.15, -0.1) is 5.10 Å². The van der Waals surface area contributed by atoms with Gasteiger partial charge in [0.2, 0.25) is 0 Å². The average Bonchev–Trinajstić information content (AvgIpc) is 2.77. The van der Waals surface area contributed by atoms with E-state index in [2.05, 4.69) is 26.2 Å². The molecule has 90 valence electrons. The number of rotatable bonds is 4. The molecule has 0 spiro atoms. The summed E-state index contributed by atoms with van der Waals surface area (Å²) in [6.45, 7) is 3.23. The van der Waals surface area contributed by atoms with E-state index in [4.69, 9.17) is 0 Å². The Hall–Kier alpha value is -1.43. The first-order valence-corrected chi connectivity index (χ1v) is 6.28. The van der Waals surface area contributed by atoms with Gasteiger partial charge in [0.25, 0.3) is 5.56 Å². The normalized spacial score (nSPS) is 12.6. The first-order valence-electron chi connectivity index (χ1n) is 5.36. The molecular formula is C11H13BrN4O. The van der Waals surface area contributed by atoms with Crippen molar-refractivity contribution < 1.29 is 0 Å². The van der Waals surface area contributed by atoms with Gasteiger partial charge in [-0.05, 0) is 13.0 Å². The second-order valence-electron chi connectivity index (χ2n) is 3.75. The zero-order chi connectivity index (χ0) is 12.3. The molecule has 0 fully saturated rings. The molecule has 5 nitrogen and oxygen atoms in total. The van der Waals surface area contributed by atoms with Crippen LogP contribution in [0.4, 0.5) is 0 Å². The molecule has 0 saturated carbocycles. The molecule has 0 bridgehead atoms. The van der Waals surface area contributed by atoms with E-state index in [0.29, 0.717) is 13.1 Å². The van der Waals surface area contributed by atoms with Crippen molar-refractivity contribution in [3.8, 4) is 0 Å². The van der Waals surface area contributed by atoms with Crippen LogP contribution in [-0.2, 0) is 13.1 Å². The molecule has 17 heavy (non-hydrogen) atoms. The fraction of sp³-hybridized carbons (Fsp3) is 0.364. The quantitative estimate of drug-likeness (QED) is 0.805. The standard InChI is InChI=1S/C11H13BrN4O/c1-9(12)10-8-16(14-13-10)7-6-15-5-3-2-4-11(15)17/h2-5,8-9H,6-7H2,1H3. The summed E-state index contributed by atoms with van der Waals surface area (Å²) in [7, 11) is 0. The van der Waals surface area contributed by atoms with E-state index >= 15 is 0 Å². The van der Waals surface area contributed by atoms with E-state index in [1.807, 2.05) is 19.2 Å². The van der Waals surface area contributed by atoms with Crippen molar-refractivity contribution in [2.75, 3.05) is 0 Å². The second kappa shape index (κ2) is 5.27. The fourth-order valence-corrected chi connectivity index (χ4v) is 1.67. The number of hydrogen-bond donors (Lipinski definition) is 0. The number of alkyl halides is 1. The van der Waals surface area contributed by atoms with Crippen LogP contribution in [0.3, 0.4) is 0 Å². The molecule has 2 aromatic heterocycles. The monoisotopic (exact) mass is 296 g/mol. The Bertz CT molecular complexity index is 546. The molecule has 0 saturated heterocycles. The van der Waals surface area contributed by atoms with Gasteiger partial charge in [0.1, 0.15) is 0 Å². The van der Waals surface area contributed by atoms with E-state index in [1.165, 1.54) is 0 Å². The zero-order valence-electron chi connectivity index (χ0n) is 9.45. The predicted molar refractivity (Wildman–Crippen MR) is 68.1 cm³/mol. The Morgan fingerprint density at radius 3 is 2.88 bits per heavy atom. The van der Waals surface area contributed by atoms with Crippen LogP contribution in [0.5, 0.6) is 0 Å². The number of aromatic nitrogens is 4. The third kappa shape index (κ3) is 3.03. The number of hydrogen-bond acceptors (Lipinski definition) is 3. The lowest BCUT2D eigenvalue weighted by Crippen LogP contribution is -2.20. The SMILES string of the molecule is CC(Br)c1cn(CCn2ccccc2=O)nn1. The van der Waals surface area contributed by atoms with E-state index in [-0.39, 0.29) is 10.4 Å². The molecule has 2 rings (SSSR count). The smallest absolute Gasteiger partial charge is 0.250 e. The zero-order valence-corrected chi connectivity index (χ0v) is 11.0. The number of pyridine rings is 1. The third-order valence-electron chi connectivity index (χ3n) is 2.43. The van der Waals surface area contributed by atoms with Gasteiger partial charge in [0.05, 0.1) is 17.1 Å². The van der Waals surface area contributed by atoms with Crippen molar-refractivity contribution in [1.82, 2.24) is 19.6 Å². The van der Waals surface area contributed by atoms with Gasteiger partial charge in [0.15, 0.2) is 0 Å². The number of nitrogens with zero attached hydrogens (tertiary/aromatic N) is 4. The van der Waals surface area contributed by atoms with E-state index in [9.17, 15) is 4.79 Å². The highest BCUT2D eigenvalue weighted by atomic mass is 79.9. The molecule has 2 heterocycles. The average molecular weight is 297 g/mol. The Kier molecular flexibility index (Phi) is 3.73. The van der Waals surface area contributed by atoms with Gasteiger partial charge in [-0.1, -0.05) is 27.2 Å². The van der Waals surface area contributed by atoms with Crippen LogP contribution < -0.4 is 5.56 Å². The summed E-state index contributed by atoms with van der Waals surface area (Å²) in [6, 6.07) is 5.13. The number of aryl methyl sites for hydroxylation is 2. The Labute approximate surface area is 107 Å². The maximum atomic E-state index is 11.5. The van der Waals surface area contributed by atoms with Crippen LogP contribution in [0.1, 0.15) is 17.4 Å². The topological polar surface area (TPSA) is 52.7 Å². The van der Waals surface area contributed by atoms with E-state index in [0.717, 1.165) is 5.69 Å². The minimum absolute atomic E-state index is 0.00157. The predicted octanol–water partition coefficient (Wildman–Crippen LogP) is 1.60. The number of halogens is 1. The van der Waals surface area contributed by atoms with Crippen molar-refractivity contribution in [3.05, 3.63) is 46.6 Å². The lowest BCUT2D eigenvalue weighted by molar-refractivity contribution is 0.511. The third-order valence-corrected chi connectivity index (χ3v) is 2.90. The van der Waals surface area contributed by atoms with Gasteiger partial charge in [-0.25, -0.2) is 0 Å². The summed E-state index contributed by atoms with van der Waals surface area (Å²) < 4.78 is 3.39. The molecule has 0 amide bonds. The fourth-order valence-electron chi connectivity index (χ4n) is 1.46. The Balaban J connectivity index is 2.03. The summed E-state index contributed by atoms with van der Waals surface area (Å²) in [5.74, 6) is 0. The van der Waals surface area contributed by atoms with Crippen LogP contribution >= 0.6 is 15.9 Å². The van der Waals surface area contributed by atoms with Crippen molar-refractivity contribution in [3.63, 3.8) is 0 Å². The summed E-state index contributed by atoms with van der Waals surface area (Å²) >= 11 is 3.43. The first-order chi connectivity index (χ1) is 8.16. The molecule has 2 aromatic rings. The van der Waals surface area contributed by atoms with Crippen LogP contribution in [-0.4, -0.2) is 19.6 Å². The van der Waals surface area contributed by atoms with Crippen molar-refractivity contribution in [2.45, 2.75) is 24.8 Å². The summed E-state index contributed by atoms with van der Waals surface area (Å²) in [6.07, 6.45) is 3.65. The van der Waals surface area contributed by atoms with Gasteiger partial charge in [-0.2, -0.15) is 0 Å². The minimum Gasteiger partial charge on any atom is -0.314 e. The summed E-state index contributed by atoms with van der Waals surface area (Å²) in [5.41, 5.74) is 0.895. The highest BCUT2D eigenvalue weighted by Crippen LogP contribution is 2.17. The Morgan fingerprint density at radius 1 is 1.41 bits per heavy atom. The van der Waals surface area contributed by atoms with Crippen LogP contribution in [0, 0.1) is 0 Å². The van der Waals surface area contributed by atoms with Crippen LogP contribution in [0.25, 0.3) is 0 Å². The molecule has 6 heteroatoms. The van der Waals surface area contributed by atoms with Gasteiger partial charge < -0.3 is 4.57 Å². The molecule has 0 aliphatic carbocycles. The van der Waals surface area contributed by atoms with Gasteiger partial charge in [0, 0.05) is 25.0 Å². The highest BCUT2D eigenvalue weighted by Gasteiger charge is 2.05. The minimum atomic E-state index is 0.00157. The van der Waals surface area contributed by atoms with Gasteiger partial charge >= 0.3 is 0 Å². The van der Waals surface area contributed by atoms with E-state index in [1.54, 1.807) is 27.6 Å². The maximum absolute atomic E-state index is 11.5. The largest absolute Gasteiger partial charge is 0.314 e. The second-order valence-corrected chi connectivity index (χ2v) is 5.13. The van der Waals surface area contributed by atoms with Crippen molar-refractivity contribution in [1.29, 1.82) is 0 Å². The molecule has 0 radical (unpaired) electrons. The lowest BCUT2D eigenvalue weighted by Gasteiger charge is -2.04. The van der Waals surface area contributed by atoms with Crippen molar-refractivity contribution in [2.24, 2.45) is 0 Å². The molecule has 0 aliphatic rings. The molecule has 0 N–H and O–H groups in total.